The summed E-state index contributed by atoms with van der Waals surface area (Å²) in [6.07, 6.45) is 1.40. The van der Waals surface area contributed by atoms with E-state index in [1.165, 1.54) is 6.21 Å². The van der Waals surface area contributed by atoms with Crippen molar-refractivity contribution in [1.29, 1.82) is 0 Å². The van der Waals surface area contributed by atoms with Crippen molar-refractivity contribution in [2.24, 2.45) is 5.16 Å². The maximum atomic E-state index is 8.92. The van der Waals surface area contributed by atoms with Crippen LogP contribution >= 0.6 is 11.6 Å². The highest BCUT2D eigenvalue weighted by atomic mass is 35.5. The molecule has 0 unspecified atom stereocenters. The van der Waals surface area contributed by atoms with Crippen LogP contribution in [0.5, 0.6) is 5.75 Å². The Labute approximate surface area is 133 Å². The van der Waals surface area contributed by atoms with E-state index in [0.717, 1.165) is 21.9 Å². The molecule has 0 atom stereocenters. The number of nitrogens with zero attached hydrogens (tertiary/aromatic N) is 1. The number of ether oxygens (including phenoxy) is 1. The molecule has 3 nitrogen and oxygen atoms in total. The first kappa shape index (κ1) is 14.4. The first-order valence-corrected chi connectivity index (χ1v) is 7.22. The van der Waals surface area contributed by atoms with Gasteiger partial charge >= 0.3 is 0 Å². The molecule has 0 radical (unpaired) electrons. The van der Waals surface area contributed by atoms with Crippen molar-refractivity contribution < 1.29 is 9.94 Å². The molecule has 0 aromatic heterocycles. The van der Waals surface area contributed by atoms with E-state index < -0.39 is 0 Å². The standard InChI is InChI=1S/C18H14ClNO2/c19-15-6-3-4-13(10-15)12-22-18-9-8-14-5-1-2-7-16(14)17(18)11-20-21/h1-11,21H,12H2/b20-11+. The van der Waals surface area contributed by atoms with E-state index in [9.17, 15) is 0 Å². The fourth-order valence-corrected chi connectivity index (χ4v) is 2.59. The Bertz CT molecular complexity index is 830. The molecular weight excluding hydrogens is 298 g/mol. The summed E-state index contributed by atoms with van der Waals surface area (Å²) in [7, 11) is 0. The number of fused-ring (bicyclic) bond motifs is 1. The summed E-state index contributed by atoms with van der Waals surface area (Å²) in [5, 5.41) is 14.8. The molecule has 22 heavy (non-hydrogen) atoms. The highest BCUT2D eigenvalue weighted by Gasteiger charge is 2.07. The minimum Gasteiger partial charge on any atom is -0.488 e. The Balaban J connectivity index is 1.94. The van der Waals surface area contributed by atoms with Gasteiger partial charge in [-0.2, -0.15) is 0 Å². The third-order valence-corrected chi connectivity index (χ3v) is 3.64. The van der Waals surface area contributed by atoms with Crippen LogP contribution in [-0.4, -0.2) is 11.4 Å². The zero-order valence-corrected chi connectivity index (χ0v) is 12.5. The Morgan fingerprint density at radius 3 is 2.73 bits per heavy atom. The summed E-state index contributed by atoms with van der Waals surface area (Å²) in [5.74, 6) is 0.663. The van der Waals surface area contributed by atoms with Gasteiger partial charge in [0, 0.05) is 10.6 Å². The summed E-state index contributed by atoms with van der Waals surface area (Å²) >= 11 is 5.98. The van der Waals surface area contributed by atoms with Gasteiger partial charge in [-0.15, -0.1) is 0 Å². The van der Waals surface area contributed by atoms with Gasteiger partial charge in [0.15, 0.2) is 0 Å². The van der Waals surface area contributed by atoms with Crippen LogP contribution in [0.4, 0.5) is 0 Å². The molecule has 0 heterocycles. The van der Waals surface area contributed by atoms with Gasteiger partial charge in [0.05, 0.1) is 6.21 Å². The molecular formula is C18H14ClNO2. The van der Waals surface area contributed by atoms with Crippen LogP contribution < -0.4 is 4.74 Å². The lowest BCUT2D eigenvalue weighted by atomic mass is 10.0. The van der Waals surface area contributed by atoms with Gasteiger partial charge in [-0.1, -0.05) is 59.2 Å². The molecule has 110 valence electrons. The summed E-state index contributed by atoms with van der Waals surface area (Å²) in [5.41, 5.74) is 1.73. The number of benzene rings is 3. The predicted molar refractivity (Wildman–Crippen MR) is 89.1 cm³/mol. The second-order valence-corrected chi connectivity index (χ2v) is 5.30. The van der Waals surface area contributed by atoms with Crippen LogP contribution in [0, 0.1) is 0 Å². The average Bonchev–Trinajstić information content (AvgIpc) is 2.54. The maximum absolute atomic E-state index is 8.92. The van der Waals surface area contributed by atoms with Crippen molar-refractivity contribution in [2.45, 2.75) is 6.61 Å². The van der Waals surface area contributed by atoms with Crippen molar-refractivity contribution >= 4 is 28.6 Å². The molecule has 0 saturated carbocycles. The number of hydrogen-bond donors (Lipinski definition) is 1. The molecule has 0 fully saturated rings. The SMILES string of the molecule is O/N=C/c1c(OCc2cccc(Cl)c2)ccc2ccccc12. The summed E-state index contributed by atoms with van der Waals surface area (Å²) in [4.78, 5) is 0. The average molecular weight is 312 g/mol. The van der Waals surface area contributed by atoms with Gasteiger partial charge in [-0.3, -0.25) is 0 Å². The molecule has 0 saturated heterocycles. The lowest BCUT2D eigenvalue weighted by molar-refractivity contribution is 0.304. The highest BCUT2D eigenvalue weighted by Crippen LogP contribution is 2.27. The molecule has 4 heteroatoms. The van der Waals surface area contributed by atoms with Crippen LogP contribution in [0.2, 0.25) is 5.02 Å². The molecule has 3 rings (SSSR count). The zero-order valence-electron chi connectivity index (χ0n) is 11.7. The van der Waals surface area contributed by atoms with Crippen molar-refractivity contribution in [3.63, 3.8) is 0 Å². The summed E-state index contributed by atoms with van der Waals surface area (Å²) in [6.45, 7) is 0.394. The third kappa shape index (κ3) is 3.05. The van der Waals surface area contributed by atoms with Gasteiger partial charge in [0.25, 0.3) is 0 Å². The lowest BCUT2D eigenvalue weighted by Gasteiger charge is -2.11. The Hall–Kier alpha value is -2.52. The Morgan fingerprint density at radius 1 is 1.05 bits per heavy atom. The minimum absolute atomic E-state index is 0.394. The topological polar surface area (TPSA) is 41.8 Å². The van der Waals surface area contributed by atoms with Crippen molar-refractivity contribution in [1.82, 2.24) is 0 Å². The van der Waals surface area contributed by atoms with Crippen LogP contribution in [0.1, 0.15) is 11.1 Å². The van der Waals surface area contributed by atoms with E-state index in [4.69, 9.17) is 21.5 Å². The summed E-state index contributed by atoms with van der Waals surface area (Å²) < 4.78 is 5.88. The molecule has 1 N–H and O–H groups in total. The Kier molecular flexibility index (Phi) is 4.26. The van der Waals surface area contributed by atoms with Crippen molar-refractivity contribution in [3.8, 4) is 5.75 Å². The second-order valence-electron chi connectivity index (χ2n) is 4.86. The van der Waals surface area contributed by atoms with E-state index in [2.05, 4.69) is 5.16 Å². The summed E-state index contributed by atoms with van der Waals surface area (Å²) in [6, 6.07) is 19.3. The first-order chi connectivity index (χ1) is 10.8. The minimum atomic E-state index is 0.394. The molecule has 0 spiro atoms. The largest absolute Gasteiger partial charge is 0.488 e. The molecule has 0 aliphatic heterocycles. The molecule has 0 bridgehead atoms. The lowest BCUT2D eigenvalue weighted by Crippen LogP contribution is -1.99. The van der Waals surface area contributed by atoms with Gasteiger partial charge in [0.2, 0.25) is 0 Å². The fourth-order valence-electron chi connectivity index (χ4n) is 2.38. The number of oxime groups is 1. The van der Waals surface area contributed by atoms with Gasteiger partial charge in [-0.25, -0.2) is 0 Å². The third-order valence-electron chi connectivity index (χ3n) is 3.40. The second kappa shape index (κ2) is 6.50. The molecule has 0 amide bonds. The monoisotopic (exact) mass is 311 g/mol. The van der Waals surface area contributed by atoms with Crippen LogP contribution in [0.25, 0.3) is 10.8 Å². The van der Waals surface area contributed by atoms with E-state index in [-0.39, 0.29) is 0 Å². The van der Waals surface area contributed by atoms with E-state index in [1.807, 2.05) is 60.7 Å². The van der Waals surface area contributed by atoms with Crippen LogP contribution in [-0.2, 0) is 6.61 Å². The normalized spacial score (nSPS) is 11.1. The van der Waals surface area contributed by atoms with Gasteiger partial charge in [0.1, 0.15) is 12.4 Å². The predicted octanol–water partition coefficient (Wildman–Crippen LogP) is 4.88. The number of hydrogen-bond acceptors (Lipinski definition) is 3. The molecule has 3 aromatic carbocycles. The maximum Gasteiger partial charge on any atom is 0.129 e. The van der Waals surface area contributed by atoms with Crippen molar-refractivity contribution in [3.05, 3.63) is 76.8 Å². The number of halogens is 1. The number of rotatable bonds is 4. The van der Waals surface area contributed by atoms with E-state index in [1.54, 1.807) is 0 Å². The van der Waals surface area contributed by atoms with Gasteiger partial charge in [-0.05, 0) is 34.5 Å². The zero-order chi connectivity index (χ0) is 15.4. The van der Waals surface area contributed by atoms with Crippen molar-refractivity contribution in [2.75, 3.05) is 0 Å². The van der Waals surface area contributed by atoms with Crippen LogP contribution in [0.3, 0.4) is 0 Å². The fraction of sp³-hybridized carbons (Fsp3) is 0.0556. The highest BCUT2D eigenvalue weighted by molar-refractivity contribution is 6.30. The molecule has 3 aromatic rings. The van der Waals surface area contributed by atoms with E-state index in [0.29, 0.717) is 17.4 Å². The Morgan fingerprint density at radius 2 is 1.91 bits per heavy atom. The van der Waals surface area contributed by atoms with E-state index >= 15 is 0 Å². The molecule has 0 aliphatic rings. The quantitative estimate of drug-likeness (QED) is 0.424. The molecule has 0 aliphatic carbocycles. The van der Waals surface area contributed by atoms with Crippen LogP contribution in [0.15, 0.2) is 65.8 Å². The smallest absolute Gasteiger partial charge is 0.129 e. The van der Waals surface area contributed by atoms with Gasteiger partial charge < -0.3 is 9.94 Å². The first-order valence-electron chi connectivity index (χ1n) is 6.84.